The van der Waals surface area contributed by atoms with Crippen molar-refractivity contribution in [3.8, 4) is 17.2 Å². The molecule has 8 nitrogen and oxygen atoms in total. The van der Waals surface area contributed by atoms with Gasteiger partial charge in [0.1, 0.15) is 13.2 Å². The number of nitrogens with zero attached hydrogens (tertiary/aromatic N) is 3. The number of primary amides is 1. The van der Waals surface area contributed by atoms with Crippen LogP contribution in [0.25, 0.3) is 5.69 Å². The van der Waals surface area contributed by atoms with Crippen molar-refractivity contribution in [1.82, 2.24) is 15.0 Å². The second-order valence-electron chi connectivity index (χ2n) is 3.93. The lowest BCUT2D eigenvalue weighted by Crippen LogP contribution is -2.16. The van der Waals surface area contributed by atoms with E-state index in [9.17, 15) is 4.79 Å². The van der Waals surface area contributed by atoms with Gasteiger partial charge >= 0.3 is 0 Å². The summed E-state index contributed by atoms with van der Waals surface area (Å²) < 4.78 is 12.2. The maximum Gasteiger partial charge on any atom is 0.273 e. The predicted octanol–water partition coefficient (Wildman–Crippen LogP) is -0.280. The van der Waals surface area contributed by atoms with Gasteiger partial charge in [-0.15, -0.1) is 5.10 Å². The molecule has 0 saturated heterocycles. The van der Waals surface area contributed by atoms with Crippen molar-refractivity contribution >= 4 is 11.7 Å². The largest absolute Gasteiger partial charge is 0.486 e. The zero-order valence-corrected chi connectivity index (χ0v) is 9.87. The molecule has 1 aromatic heterocycles. The van der Waals surface area contributed by atoms with Crippen LogP contribution >= 0.6 is 0 Å². The SMILES string of the molecule is NC(=O)c1nnn(-c2ccc3c(c2)OCCO3)c1N. The number of aromatic nitrogens is 3. The van der Waals surface area contributed by atoms with E-state index < -0.39 is 5.91 Å². The Labute approximate surface area is 107 Å². The summed E-state index contributed by atoms with van der Waals surface area (Å²) in [5, 5.41) is 7.45. The van der Waals surface area contributed by atoms with Crippen LogP contribution in [0.5, 0.6) is 11.5 Å². The number of carbonyl (C=O) groups excluding carboxylic acids is 1. The van der Waals surface area contributed by atoms with E-state index in [1.165, 1.54) is 4.68 Å². The summed E-state index contributed by atoms with van der Waals surface area (Å²) in [5.74, 6) is 0.619. The molecule has 19 heavy (non-hydrogen) atoms. The van der Waals surface area contributed by atoms with E-state index in [1.807, 2.05) is 0 Å². The number of ether oxygens (including phenoxy) is 2. The number of rotatable bonds is 2. The predicted molar refractivity (Wildman–Crippen MR) is 65.3 cm³/mol. The second kappa shape index (κ2) is 4.16. The third kappa shape index (κ3) is 1.82. The molecule has 1 amide bonds. The van der Waals surface area contributed by atoms with Crippen molar-refractivity contribution in [3.63, 3.8) is 0 Å². The van der Waals surface area contributed by atoms with E-state index in [0.29, 0.717) is 30.4 Å². The second-order valence-corrected chi connectivity index (χ2v) is 3.93. The number of anilines is 1. The van der Waals surface area contributed by atoms with E-state index in [2.05, 4.69) is 10.3 Å². The van der Waals surface area contributed by atoms with Gasteiger partial charge in [0, 0.05) is 6.07 Å². The molecule has 0 unspecified atom stereocenters. The van der Waals surface area contributed by atoms with Gasteiger partial charge in [0.15, 0.2) is 23.0 Å². The van der Waals surface area contributed by atoms with E-state index in [1.54, 1.807) is 18.2 Å². The Morgan fingerprint density at radius 1 is 1.26 bits per heavy atom. The van der Waals surface area contributed by atoms with Crippen LogP contribution in [0, 0.1) is 0 Å². The molecule has 2 aromatic rings. The molecule has 0 fully saturated rings. The van der Waals surface area contributed by atoms with Crippen molar-refractivity contribution in [3.05, 3.63) is 23.9 Å². The number of benzene rings is 1. The molecule has 3 rings (SSSR count). The van der Waals surface area contributed by atoms with Crippen molar-refractivity contribution in [2.24, 2.45) is 5.73 Å². The van der Waals surface area contributed by atoms with Gasteiger partial charge in [0.05, 0.1) is 5.69 Å². The van der Waals surface area contributed by atoms with Crippen LogP contribution in [0.1, 0.15) is 10.5 Å². The Morgan fingerprint density at radius 3 is 2.68 bits per heavy atom. The Balaban J connectivity index is 2.05. The first kappa shape index (κ1) is 11.3. The molecule has 0 atom stereocenters. The van der Waals surface area contributed by atoms with E-state index in [0.717, 1.165) is 0 Å². The first-order valence-corrected chi connectivity index (χ1v) is 5.58. The third-order valence-electron chi connectivity index (χ3n) is 2.71. The fraction of sp³-hybridized carbons (Fsp3) is 0.182. The molecule has 0 bridgehead atoms. The molecule has 98 valence electrons. The van der Waals surface area contributed by atoms with E-state index >= 15 is 0 Å². The number of fused-ring (bicyclic) bond motifs is 1. The summed E-state index contributed by atoms with van der Waals surface area (Å²) in [6.45, 7) is 0.999. The van der Waals surface area contributed by atoms with Gasteiger partial charge in [-0.1, -0.05) is 5.21 Å². The average molecular weight is 261 g/mol. The summed E-state index contributed by atoms with van der Waals surface area (Å²) >= 11 is 0. The molecule has 4 N–H and O–H groups in total. The number of nitrogens with two attached hydrogens (primary N) is 2. The highest BCUT2D eigenvalue weighted by molar-refractivity contribution is 5.95. The van der Waals surface area contributed by atoms with Crippen LogP contribution in [-0.2, 0) is 0 Å². The third-order valence-corrected chi connectivity index (χ3v) is 2.71. The van der Waals surface area contributed by atoms with Crippen LogP contribution in [0.3, 0.4) is 0 Å². The van der Waals surface area contributed by atoms with Crippen molar-refractivity contribution in [2.75, 3.05) is 18.9 Å². The molecule has 0 aliphatic carbocycles. The highest BCUT2D eigenvalue weighted by Crippen LogP contribution is 2.32. The lowest BCUT2D eigenvalue weighted by molar-refractivity contribution is 0.0996. The molecule has 8 heteroatoms. The van der Waals surface area contributed by atoms with Gasteiger partial charge < -0.3 is 20.9 Å². The monoisotopic (exact) mass is 261 g/mol. The summed E-state index contributed by atoms with van der Waals surface area (Å²) in [4.78, 5) is 11.1. The zero-order valence-electron chi connectivity index (χ0n) is 9.87. The highest BCUT2D eigenvalue weighted by atomic mass is 16.6. The lowest BCUT2D eigenvalue weighted by atomic mass is 10.2. The first-order chi connectivity index (χ1) is 9.16. The standard InChI is InChI=1S/C11H11N5O3/c12-10-9(11(13)17)14-15-16(10)6-1-2-7-8(5-6)19-4-3-18-7/h1-2,5H,3-4,12H2,(H2,13,17). The number of nitrogen functional groups attached to an aromatic ring is 1. The number of hydrogen-bond donors (Lipinski definition) is 2. The average Bonchev–Trinajstić information content (AvgIpc) is 2.80. The molecule has 1 aliphatic heterocycles. The van der Waals surface area contributed by atoms with Crippen LogP contribution in [0.15, 0.2) is 18.2 Å². The number of carbonyl (C=O) groups is 1. The van der Waals surface area contributed by atoms with E-state index in [-0.39, 0.29) is 11.5 Å². The number of amides is 1. The molecule has 0 saturated carbocycles. The summed E-state index contributed by atoms with van der Waals surface area (Å²) in [6.07, 6.45) is 0. The van der Waals surface area contributed by atoms with Gasteiger partial charge in [0.2, 0.25) is 0 Å². The Bertz CT molecular complexity index is 652. The Morgan fingerprint density at radius 2 is 2.00 bits per heavy atom. The van der Waals surface area contributed by atoms with Crippen LogP contribution in [0.2, 0.25) is 0 Å². The molecule has 0 radical (unpaired) electrons. The normalized spacial score (nSPS) is 13.3. The summed E-state index contributed by atoms with van der Waals surface area (Å²) in [7, 11) is 0. The maximum absolute atomic E-state index is 11.1. The van der Waals surface area contributed by atoms with E-state index in [4.69, 9.17) is 20.9 Å². The van der Waals surface area contributed by atoms with Gasteiger partial charge in [-0.2, -0.15) is 4.68 Å². The minimum atomic E-state index is -0.721. The van der Waals surface area contributed by atoms with Crippen molar-refractivity contribution < 1.29 is 14.3 Å². The Kier molecular flexibility index (Phi) is 2.48. The number of hydrogen-bond acceptors (Lipinski definition) is 6. The molecule has 1 aromatic carbocycles. The fourth-order valence-corrected chi connectivity index (χ4v) is 1.82. The summed E-state index contributed by atoms with van der Waals surface area (Å²) in [6, 6.07) is 5.20. The molecular weight excluding hydrogens is 250 g/mol. The maximum atomic E-state index is 11.1. The van der Waals surface area contributed by atoms with Gasteiger partial charge in [-0.3, -0.25) is 4.79 Å². The molecular formula is C11H11N5O3. The molecule has 2 heterocycles. The quantitative estimate of drug-likeness (QED) is 0.767. The van der Waals surface area contributed by atoms with Crippen LogP contribution < -0.4 is 20.9 Å². The van der Waals surface area contributed by atoms with Gasteiger partial charge in [-0.05, 0) is 12.1 Å². The lowest BCUT2D eigenvalue weighted by Gasteiger charge is -2.18. The smallest absolute Gasteiger partial charge is 0.273 e. The van der Waals surface area contributed by atoms with Crippen molar-refractivity contribution in [1.29, 1.82) is 0 Å². The minimum absolute atomic E-state index is 0.0603. The molecule has 1 aliphatic rings. The zero-order chi connectivity index (χ0) is 13.4. The van der Waals surface area contributed by atoms with Crippen molar-refractivity contribution in [2.45, 2.75) is 0 Å². The molecule has 0 spiro atoms. The van der Waals surface area contributed by atoms with Gasteiger partial charge in [0.25, 0.3) is 5.91 Å². The fourth-order valence-electron chi connectivity index (χ4n) is 1.82. The van der Waals surface area contributed by atoms with Crippen LogP contribution in [-0.4, -0.2) is 34.1 Å². The topological polar surface area (TPSA) is 118 Å². The first-order valence-electron chi connectivity index (χ1n) is 5.58. The van der Waals surface area contributed by atoms with Gasteiger partial charge in [-0.25, -0.2) is 0 Å². The Hall–Kier alpha value is -2.77. The highest BCUT2D eigenvalue weighted by Gasteiger charge is 2.18. The summed E-state index contributed by atoms with van der Waals surface area (Å²) in [5.41, 5.74) is 11.5. The minimum Gasteiger partial charge on any atom is -0.486 e. The van der Waals surface area contributed by atoms with Crippen LogP contribution in [0.4, 0.5) is 5.82 Å².